The van der Waals surface area contributed by atoms with Crippen LogP contribution in [0.5, 0.6) is 0 Å². The molecule has 0 aliphatic heterocycles. The highest BCUT2D eigenvalue weighted by molar-refractivity contribution is 5.29. The van der Waals surface area contributed by atoms with Gasteiger partial charge in [0.2, 0.25) is 0 Å². The summed E-state index contributed by atoms with van der Waals surface area (Å²) in [6.07, 6.45) is 1.60. The first-order chi connectivity index (χ1) is 7.24. The van der Waals surface area contributed by atoms with Crippen LogP contribution >= 0.6 is 0 Å². The Morgan fingerprint density at radius 1 is 1.13 bits per heavy atom. The fraction of sp³-hybridized carbons (Fsp3) is 0.500. The minimum Gasteiger partial charge on any atom is -0.198 e. The van der Waals surface area contributed by atoms with Crippen LogP contribution in [0.15, 0.2) is 24.3 Å². The summed E-state index contributed by atoms with van der Waals surface area (Å²) in [6, 6.07) is 10.4. The van der Waals surface area contributed by atoms with Crippen molar-refractivity contribution in [3.8, 4) is 6.07 Å². The number of nitrogens with zero attached hydrogens (tertiary/aromatic N) is 1. The Morgan fingerprint density at radius 2 is 1.67 bits per heavy atom. The highest BCUT2D eigenvalue weighted by Gasteiger charge is 2.02. The number of rotatable bonds is 3. The second-order valence-electron chi connectivity index (χ2n) is 3.70. The van der Waals surface area contributed by atoms with Crippen LogP contribution < -0.4 is 0 Å². The van der Waals surface area contributed by atoms with Crippen molar-refractivity contribution in [3.05, 3.63) is 35.4 Å². The Bertz CT molecular complexity index is 307. The molecule has 1 aromatic carbocycles. The normalized spacial score (nSPS) is 9.07. The van der Waals surface area contributed by atoms with Crippen LogP contribution in [0.3, 0.4) is 0 Å². The van der Waals surface area contributed by atoms with Gasteiger partial charge in [-0.1, -0.05) is 52.0 Å². The second kappa shape index (κ2) is 8.05. The van der Waals surface area contributed by atoms with E-state index in [4.69, 9.17) is 5.26 Å². The first-order valence-electron chi connectivity index (χ1n) is 5.67. The number of nitriles is 1. The summed E-state index contributed by atoms with van der Waals surface area (Å²) in [5.74, 6) is 0.653. The molecule has 0 unspecified atom stereocenters. The van der Waals surface area contributed by atoms with Gasteiger partial charge in [-0.05, 0) is 23.5 Å². The quantitative estimate of drug-likeness (QED) is 0.729. The van der Waals surface area contributed by atoms with E-state index in [0.29, 0.717) is 12.3 Å². The van der Waals surface area contributed by atoms with Crippen LogP contribution in [0.25, 0.3) is 0 Å². The maximum atomic E-state index is 8.63. The molecule has 0 spiro atoms. The molecule has 0 radical (unpaired) electrons. The van der Waals surface area contributed by atoms with Gasteiger partial charge in [0.25, 0.3) is 0 Å². The molecule has 0 atom stereocenters. The van der Waals surface area contributed by atoms with Crippen LogP contribution in [-0.4, -0.2) is 0 Å². The summed E-state index contributed by atoms with van der Waals surface area (Å²) in [5, 5.41) is 8.63. The van der Waals surface area contributed by atoms with Gasteiger partial charge < -0.3 is 0 Å². The molecule has 0 aliphatic rings. The zero-order valence-electron chi connectivity index (χ0n) is 10.2. The summed E-state index contributed by atoms with van der Waals surface area (Å²) in [5.41, 5.74) is 2.50. The van der Waals surface area contributed by atoms with E-state index in [0.717, 1.165) is 6.42 Å². The van der Waals surface area contributed by atoms with E-state index in [1.807, 2.05) is 32.0 Å². The van der Waals surface area contributed by atoms with E-state index in [9.17, 15) is 0 Å². The minimum absolute atomic E-state index is 0.531. The highest BCUT2D eigenvalue weighted by atomic mass is 14.2. The fourth-order valence-corrected chi connectivity index (χ4v) is 1.45. The summed E-state index contributed by atoms with van der Waals surface area (Å²) < 4.78 is 0. The Morgan fingerprint density at radius 3 is 2.13 bits per heavy atom. The SMILES string of the molecule is CC.CC(C)Cc1ccccc1CC#N. The van der Waals surface area contributed by atoms with E-state index >= 15 is 0 Å². The number of benzene rings is 1. The van der Waals surface area contributed by atoms with E-state index in [2.05, 4.69) is 26.0 Å². The van der Waals surface area contributed by atoms with Crippen molar-refractivity contribution in [2.24, 2.45) is 5.92 Å². The van der Waals surface area contributed by atoms with Crippen molar-refractivity contribution >= 4 is 0 Å². The summed E-state index contributed by atoms with van der Waals surface area (Å²) in [7, 11) is 0. The van der Waals surface area contributed by atoms with E-state index in [1.54, 1.807) is 0 Å². The zero-order valence-corrected chi connectivity index (χ0v) is 10.2. The van der Waals surface area contributed by atoms with Gasteiger partial charge in [0.15, 0.2) is 0 Å². The standard InChI is InChI=1S/C12H15N.C2H6/c1-10(2)9-12-6-4-3-5-11(12)7-8-13;1-2/h3-6,10H,7,9H2,1-2H3;1-2H3. The maximum Gasteiger partial charge on any atom is 0.0669 e. The van der Waals surface area contributed by atoms with Crippen molar-refractivity contribution in [2.45, 2.75) is 40.5 Å². The van der Waals surface area contributed by atoms with Gasteiger partial charge in [0, 0.05) is 0 Å². The first-order valence-corrected chi connectivity index (χ1v) is 5.67. The third-order valence-corrected chi connectivity index (χ3v) is 2.02. The fourth-order valence-electron chi connectivity index (χ4n) is 1.45. The van der Waals surface area contributed by atoms with Crippen LogP contribution in [-0.2, 0) is 12.8 Å². The average Bonchev–Trinajstić information content (AvgIpc) is 2.23. The van der Waals surface area contributed by atoms with Crippen LogP contribution in [0.1, 0.15) is 38.8 Å². The monoisotopic (exact) mass is 203 g/mol. The molecule has 0 saturated carbocycles. The molecule has 0 N–H and O–H groups in total. The van der Waals surface area contributed by atoms with Crippen LogP contribution in [0.4, 0.5) is 0 Å². The topological polar surface area (TPSA) is 23.8 Å². The van der Waals surface area contributed by atoms with E-state index in [-0.39, 0.29) is 0 Å². The van der Waals surface area contributed by atoms with Gasteiger partial charge >= 0.3 is 0 Å². The molecular weight excluding hydrogens is 182 g/mol. The smallest absolute Gasteiger partial charge is 0.0669 e. The zero-order chi connectivity index (χ0) is 11.7. The Kier molecular flexibility index (Phi) is 7.36. The predicted octanol–water partition coefficient (Wildman–Crippen LogP) is 3.98. The maximum absolute atomic E-state index is 8.63. The summed E-state index contributed by atoms with van der Waals surface area (Å²) in [4.78, 5) is 0. The van der Waals surface area contributed by atoms with Gasteiger partial charge in [-0.25, -0.2) is 0 Å². The van der Waals surface area contributed by atoms with Gasteiger partial charge in [-0.3, -0.25) is 0 Å². The lowest BCUT2D eigenvalue weighted by Gasteiger charge is -2.08. The second-order valence-corrected chi connectivity index (χ2v) is 3.70. The van der Waals surface area contributed by atoms with Crippen molar-refractivity contribution in [3.63, 3.8) is 0 Å². The molecule has 15 heavy (non-hydrogen) atoms. The molecule has 1 aromatic rings. The molecule has 0 bridgehead atoms. The molecule has 0 aromatic heterocycles. The Labute approximate surface area is 93.7 Å². The lowest BCUT2D eigenvalue weighted by Crippen LogP contribution is -1.98. The largest absolute Gasteiger partial charge is 0.198 e. The Hall–Kier alpha value is -1.29. The molecule has 0 fully saturated rings. The third-order valence-electron chi connectivity index (χ3n) is 2.02. The van der Waals surface area contributed by atoms with Crippen LogP contribution in [0.2, 0.25) is 0 Å². The van der Waals surface area contributed by atoms with Crippen LogP contribution in [0, 0.1) is 17.2 Å². The van der Waals surface area contributed by atoms with Gasteiger partial charge in [0.05, 0.1) is 12.5 Å². The van der Waals surface area contributed by atoms with E-state index in [1.165, 1.54) is 11.1 Å². The van der Waals surface area contributed by atoms with Gasteiger partial charge in [-0.15, -0.1) is 0 Å². The molecule has 1 heteroatoms. The van der Waals surface area contributed by atoms with E-state index < -0.39 is 0 Å². The molecule has 1 rings (SSSR count). The number of hydrogen-bond donors (Lipinski definition) is 0. The molecule has 0 saturated heterocycles. The van der Waals surface area contributed by atoms with Crippen molar-refractivity contribution in [1.82, 2.24) is 0 Å². The molecule has 1 nitrogen and oxygen atoms in total. The molecule has 0 heterocycles. The lowest BCUT2D eigenvalue weighted by atomic mass is 9.97. The Balaban J connectivity index is 0.000000921. The summed E-state index contributed by atoms with van der Waals surface area (Å²) in [6.45, 7) is 8.40. The van der Waals surface area contributed by atoms with Crippen molar-refractivity contribution in [1.29, 1.82) is 5.26 Å². The highest BCUT2D eigenvalue weighted by Crippen LogP contribution is 2.13. The average molecular weight is 203 g/mol. The summed E-state index contributed by atoms with van der Waals surface area (Å²) >= 11 is 0. The third kappa shape index (κ3) is 5.22. The molecular formula is C14H21N. The van der Waals surface area contributed by atoms with Gasteiger partial charge in [0.1, 0.15) is 0 Å². The molecule has 0 amide bonds. The minimum atomic E-state index is 0.531. The van der Waals surface area contributed by atoms with Gasteiger partial charge in [-0.2, -0.15) is 5.26 Å². The lowest BCUT2D eigenvalue weighted by molar-refractivity contribution is 0.644. The molecule has 82 valence electrons. The predicted molar refractivity (Wildman–Crippen MR) is 65.6 cm³/mol. The first kappa shape index (κ1) is 13.7. The van der Waals surface area contributed by atoms with Crippen molar-refractivity contribution in [2.75, 3.05) is 0 Å². The van der Waals surface area contributed by atoms with Crippen molar-refractivity contribution < 1.29 is 0 Å². The number of hydrogen-bond acceptors (Lipinski definition) is 1. The molecule has 0 aliphatic carbocycles.